The summed E-state index contributed by atoms with van der Waals surface area (Å²) >= 11 is 1.22. The van der Waals surface area contributed by atoms with Crippen molar-refractivity contribution in [2.75, 3.05) is 25.4 Å². The molecule has 7 nitrogen and oxygen atoms in total. The number of pyridine rings is 1. The number of nitrogens with two attached hydrogens (primary N) is 1. The third-order valence-corrected chi connectivity index (χ3v) is 4.22. The molecule has 0 radical (unpaired) electrons. The Bertz CT molecular complexity index is 872. The predicted octanol–water partition coefficient (Wildman–Crippen LogP) is 2.87. The largest absolute Gasteiger partial charge is 0.504 e. The molecule has 1 heterocycles. The lowest BCUT2D eigenvalue weighted by Crippen LogP contribution is -2.04. The summed E-state index contributed by atoms with van der Waals surface area (Å²) in [6, 6.07) is 8.69. The minimum absolute atomic E-state index is 0.0193. The first kappa shape index (κ1) is 18.4. The Kier molecular flexibility index (Phi) is 6.07. The van der Waals surface area contributed by atoms with Crippen LogP contribution in [0.3, 0.4) is 0 Å². The zero-order valence-corrected chi connectivity index (χ0v) is 14.6. The van der Waals surface area contributed by atoms with Gasteiger partial charge in [-0.15, -0.1) is 0 Å². The van der Waals surface area contributed by atoms with Crippen LogP contribution in [0.2, 0.25) is 0 Å². The van der Waals surface area contributed by atoms with Gasteiger partial charge in [0.2, 0.25) is 0 Å². The second kappa shape index (κ2) is 8.25. The predicted molar refractivity (Wildman–Crippen MR) is 94.1 cm³/mol. The first-order valence-electron chi connectivity index (χ1n) is 7.28. The average molecular weight is 356 g/mol. The van der Waals surface area contributed by atoms with Gasteiger partial charge in [-0.25, -0.2) is 4.98 Å². The standard InChI is InChI=1S/C17H16N4O3S/c1-3-24-9-25-17-12(8-19)15(11(7-18)16(20)21-17)10-4-5-14(23-2)13(22)6-10/h4-6,22H,3,9H2,1-2H3,(H2,20,21). The highest BCUT2D eigenvalue weighted by molar-refractivity contribution is 7.99. The Balaban J connectivity index is 2.68. The highest BCUT2D eigenvalue weighted by Crippen LogP contribution is 2.38. The summed E-state index contributed by atoms with van der Waals surface area (Å²) in [4.78, 5) is 4.16. The molecule has 0 fully saturated rings. The summed E-state index contributed by atoms with van der Waals surface area (Å²) < 4.78 is 10.3. The number of anilines is 1. The van der Waals surface area contributed by atoms with Crippen LogP contribution in [0, 0.1) is 22.7 Å². The molecule has 0 saturated heterocycles. The van der Waals surface area contributed by atoms with E-state index in [1.165, 1.54) is 24.9 Å². The minimum atomic E-state index is -0.105. The van der Waals surface area contributed by atoms with Crippen molar-refractivity contribution >= 4 is 17.6 Å². The average Bonchev–Trinajstić information content (AvgIpc) is 2.61. The fourth-order valence-electron chi connectivity index (χ4n) is 2.22. The SMILES string of the molecule is CCOCSc1nc(N)c(C#N)c(-c2ccc(OC)c(O)c2)c1C#N. The number of methoxy groups -OCH3 is 1. The van der Waals surface area contributed by atoms with Gasteiger partial charge < -0.3 is 20.3 Å². The van der Waals surface area contributed by atoms with E-state index in [9.17, 15) is 15.6 Å². The first-order valence-corrected chi connectivity index (χ1v) is 8.27. The lowest BCUT2D eigenvalue weighted by atomic mass is 9.96. The Morgan fingerprint density at radius 1 is 1.28 bits per heavy atom. The van der Waals surface area contributed by atoms with E-state index in [2.05, 4.69) is 11.1 Å². The molecule has 3 N–H and O–H groups in total. The molecule has 0 saturated carbocycles. The van der Waals surface area contributed by atoms with Crippen LogP contribution in [0.1, 0.15) is 18.1 Å². The number of rotatable bonds is 6. The summed E-state index contributed by atoms with van der Waals surface area (Å²) in [5.74, 6) is 0.503. The number of thioether (sulfide) groups is 1. The topological polar surface area (TPSA) is 125 Å². The second-order valence-corrected chi connectivity index (χ2v) is 5.70. The van der Waals surface area contributed by atoms with Crippen molar-refractivity contribution in [2.24, 2.45) is 0 Å². The number of nitrogen functional groups attached to an aromatic ring is 1. The maximum Gasteiger partial charge on any atom is 0.160 e. The van der Waals surface area contributed by atoms with E-state index in [1.54, 1.807) is 12.1 Å². The van der Waals surface area contributed by atoms with Gasteiger partial charge in [-0.3, -0.25) is 0 Å². The molecule has 0 spiro atoms. The molecule has 0 aliphatic heterocycles. The first-order chi connectivity index (χ1) is 12.1. The normalized spacial score (nSPS) is 10.1. The number of aromatic hydroxyl groups is 1. The smallest absolute Gasteiger partial charge is 0.160 e. The number of nitriles is 2. The molecule has 25 heavy (non-hydrogen) atoms. The maximum absolute atomic E-state index is 10.0. The molecular weight excluding hydrogens is 340 g/mol. The van der Waals surface area contributed by atoms with Crippen molar-refractivity contribution in [1.29, 1.82) is 10.5 Å². The van der Waals surface area contributed by atoms with Gasteiger partial charge in [0.1, 0.15) is 28.5 Å². The van der Waals surface area contributed by atoms with E-state index in [1.807, 2.05) is 13.0 Å². The van der Waals surface area contributed by atoms with Crippen LogP contribution in [0.15, 0.2) is 23.2 Å². The fourth-order valence-corrected chi connectivity index (χ4v) is 3.03. The van der Waals surface area contributed by atoms with E-state index < -0.39 is 0 Å². The highest BCUT2D eigenvalue weighted by atomic mass is 32.2. The van der Waals surface area contributed by atoms with Crippen LogP contribution in [-0.4, -0.2) is 29.7 Å². The van der Waals surface area contributed by atoms with Gasteiger partial charge in [-0.05, 0) is 24.6 Å². The van der Waals surface area contributed by atoms with Gasteiger partial charge in [0, 0.05) is 12.2 Å². The summed E-state index contributed by atoms with van der Waals surface area (Å²) in [7, 11) is 1.43. The summed E-state index contributed by atoms with van der Waals surface area (Å²) in [5, 5.41) is 29.5. The quantitative estimate of drug-likeness (QED) is 0.460. The summed E-state index contributed by atoms with van der Waals surface area (Å²) in [5.41, 5.74) is 7.00. The van der Waals surface area contributed by atoms with Crippen LogP contribution in [0.25, 0.3) is 11.1 Å². The number of aromatic nitrogens is 1. The van der Waals surface area contributed by atoms with Gasteiger partial charge in [0.15, 0.2) is 11.5 Å². The molecule has 0 aliphatic rings. The van der Waals surface area contributed by atoms with Crippen molar-refractivity contribution in [2.45, 2.75) is 11.9 Å². The molecule has 0 bridgehead atoms. The zero-order valence-electron chi connectivity index (χ0n) is 13.7. The molecule has 1 aromatic carbocycles. The molecule has 0 atom stereocenters. The number of benzene rings is 1. The van der Waals surface area contributed by atoms with Gasteiger partial charge >= 0.3 is 0 Å². The maximum atomic E-state index is 10.0. The molecule has 0 aliphatic carbocycles. The number of hydrogen-bond acceptors (Lipinski definition) is 8. The van der Waals surface area contributed by atoms with Crippen LogP contribution < -0.4 is 10.5 Å². The number of phenols is 1. The van der Waals surface area contributed by atoms with E-state index in [0.717, 1.165) is 0 Å². The molecule has 0 unspecified atom stereocenters. The molecular formula is C17H16N4O3S. The van der Waals surface area contributed by atoms with Crippen molar-refractivity contribution in [3.63, 3.8) is 0 Å². The van der Waals surface area contributed by atoms with Crippen molar-refractivity contribution in [3.8, 4) is 34.8 Å². The van der Waals surface area contributed by atoms with E-state index in [-0.39, 0.29) is 28.4 Å². The van der Waals surface area contributed by atoms with Crippen LogP contribution in [0.5, 0.6) is 11.5 Å². The van der Waals surface area contributed by atoms with Gasteiger partial charge in [-0.2, -0.15) is 10.5 Å². The Morgan fingerprint density at radius 2 is 2.00 bits per heavy atom. The second-order valence-electron chi connectivity index (χ2n) is 4.79. The monoisotopic (exact) mass is 356 g/mol. The van der Waals surface area contributed by atoms with Crippen LogP contribution in [-0.2, 0) is 4.74 Å². The molecule has 2 aromatic rings. The zero-order chi connectivity index (χ0) is 18.4. The number of nitrogens with zero attached hydrogens (tertiary/aromatic N) is 3. The fraction of sp³-hybridized carbons (Fsp3) is 0.235. The number of hydrogen-bond donors (Lipinski definition) is 2. The molecule has 8 heteroatoms. The van der Waals surface area contributed by atoms with Gasteiger partial charge in [0.05, 0.1) is 18.6 Å². The number of phenolic OH excluding ortho intramolecular Hbond substituents is 1. The van der Waals surface area contributed by atoms with Gasteiger partial charge in [0.25, 0.3) is 0 Å². The minimum Gasteiger partial charge on any atom is -0.504 e. The Morgan fingerprint density at radius 3 is 2.56 bits per heavy atom. The van der Waals surface area contributed by atoms with Crippen LogP contribution in [0.4, 0.5) is 5.82 Å². The molecule has 0 amide bonds. The van der Waals surface area contributed by atoms with E-state index in [4.69, 9.17) is 15.2 Å². The lowest BCUT2D eigenvalue weighted by Gasteiger charge is -2.14. The van der Waals surface area contributed by atoms with Crippen molar-refractivity contribution in [3.05, 3.63) is 29.3 Å². The van der Waals surface area contributed by atoms with Crippen molar-refractivity contribution in [1.82, 2.24) is 4.98 Å². The molecule has 1 aromatic heterocycles. The summed E-state index contributed by atoms with van der Waals surface area (Å²) in [6.07, 6.45) is 0. The summed E-state index contributed by atoms with van der Waals surface area (Å²) in [6.45, 7) is 2.39. The van der Waals surface area contributed by atoms with Crippen LogP contribution >= 0.6 is 11.8 Å². The van der Waals surface area contributed by atoms with Gasteiger partial charge in [-0.1, -0.05) is 17.8 Å². The Labute approximate surface area is 149 Å². The van der Waals surface area contributed by atoms with Crippen molar-refractivity contribution < 1.29 is 14.6 Å². The molecule has 2 rings (SSSR count). The number of ether oxygens (including phenoxy) is 2. The third kappa shape index (κ3) is 3.77. The third-order valence-electron chi connectivity index (χ3n) is 3.37. The highest BCUT2D eigenvalue weighted by Gasteiger charge is 2.21. The van der Waals surface area contributed by atoms with E-state index in [0.29, 0.717) is 28.7 Å². The molecule has 128 valence electrons. The Hall–Kier alpha value is -2.94. The lowest BCUT2D eigenvalue weighted by molar-refractivity contribution is 0.199. The van der Waals surface area contributed by atoms with E-state index >= 15 is 0 Å².